The zero-order valence-electron chi connectivity index (χ0n) is 26.1. The molecule has 0 saturated carbocycles. The number of carbonyl (C=O) groups excluding carboxylic acids is 1. The minimum atomic E-state index is -0.318. The maximum absolute atomic E-state index is 9.60. The fourth-order valence-corrected chi connectivity index (χ4v) is 5.78. The molecule has 2 fully saturated rings. The molecule has 0 radical (unpaired) electrons. The van der Waals surface area contributed by atoms with Crippen LogP contribution in [0.25, 0.3) is 33.4 Å². The zero-order chi connectivity index (χ0) is 30.4. The Bertz CT molecular complexity index is 1510. The Labute approximate surface area is 254 Å². The monoisotopic (exact) mass is 584 g/mol. The largest absolute Gasteiger partial charge is 0.462 e. The van der Waals surface area contributed by atoms with Crippen LogP contribution in [0.15, 0.2) is 48.7 Å². The minimum Gasteiger partial charge on any atom is -0.462 e. The summed E-state index contributed by atoms with van der Waals surface area (Å²) in [4.78, 5) is 22.0. The van der Waals surface area contributed by atoms with Crippen LogP contribution in [0.2, 0.25) is 0 Å². The van der Waals surface area contributed by atoms with Gasteiger partial charge in [-0.2, -0.15) is 5.10 Å². The third-order valence-electron chi connectivity index (χ3n) is 7.99. The van der Waals surface area contributed by atoms with Crippen LogP contribution in [0.4, 0.5) is 0 Å². The van der Waals surface area contributed by atoms with Crippen molar-refractivity contribution in [2.75, 3.05) is 39.4 Å². The molecule has 2 aliphatic rings. The van der Waals surface area contributed by atoms with Crippen LogP contribution in [-0.2, 0) is 20.8 Å². The van der Waals surface area contributed by atoms with Crippen LogP contribution in [0.1, 0.15) is 56.6 Å². The third-order valence-corrected chi connectivity index (χ3v) is 7.99. The van der Waals surface area contributed by atoms with E-state index in [1.807, 2.05) is 33.0 Å². The molecule has 2 aromatic heterocycles. The van der Waals surface area contributed by atoms with Crippen molar-refractivity contribution in [2.45, 2.75) is 65.6 Å². The van der Waals surface area contributed by atoms with E-state index in [1.54, 1.807) is 0 Å². The molecule has 0 unspecified atom stereocenters. The second-order valence-corrected chi connectivity index (χ2v) is 12.3. The fraction of sp³-hybridized carbons (Fsp3) is 0.471. The first kappa shape index (κ1) is 30.8. The summed E-state index contributed by atoms with van der Waals surface area (Å²) in [6.07, 6.45) is 4.12. The summed E-state index contributed by atoms with van der Waals surface area (Å²) in [5.41, 5.74) is 9.33. The number of aryl methyl sites for hydroxylation is 1. The molecule has 1 N–H and O–H groups in total. The van der Waals surface area contributed by atoms with Gasteiger partial charge < -0.3 is 14.8 Å². The topological polar surface area (TPSA) is 94.4 Å². The summed E-state index contributed by atoms with van der Waals surface area (Å²) in [6.45, 7) is 16.9. The number of ether oxygens (including phenoxy) is 2. The standard InChI is InChI=1S/C29H34N6O.C5H10O2/c1-20-28(21(2)35(33-20)24-10-12-30-13-11-24)27-18-31-26-5-3-4-25(29(26)32-27)23-8-6-22(7-9-23)19-34-14-16-36-17-15-34;1-5(2,3)7-4-6/h3-9,18,24,30H,10-17,19H2,1-2H3;4H,1-3H3. The highest BCUT2D eigenvalue weighted by Gasteiger charge is 2.23. The van der Waals surface area contributed by atoms with Crippen LogP contribution in [0.3, 0.4) is 0 Å². The van der Waals surface area contributed by atoms with Gasteiger partial charge in [0.25, 0.3) is 6.47 Å². The van der Waals surface area contributed by atoms with Crippen molar-refractivity contribution in [1.29, 1.82) is 0 Å². The Morgan fingerprint density at radius 3 is 2.42 bits per heavy atom. The Morgan fingerprint density at radius 1 is 1.05 bits per heavy atom. The first-order chi connectivity index (χ1) is 20.7. The van der Waals surface area contributed by atoms with Gasteiger partial charge in [-0.05, 0) is 77.7 Å². The number of piperidine rings is 1. The molecule has 0 spiro atoms. The van der Waals surface area contributed by atoms with Crippen LogP contribution in [0, 0.1) is 13.8 Å². The zero-order valence-corrected chi connectivity index (χ0v) is 26.1. The Hall–Kier alpha value is -3.66. The third kappa shape index (κ3) is 7.65. The number of hydrogen-bond acceptors (Lipinski definition) is 8. The van der Waals surface area contributed by atoms with Crippen molar-refractivity contribution in [1.82, 2.24) is 30.0 Å². The molecular formula is C34H44N6O3. The van der Waals surface area contributed by atoms with Gasteiger partial charge in [0.1, 0.15) is 5.60 Å². The van der Waals surface area contributed by atoms with Crippen molar-refractivity contribution in [3.63, 3.8) is 0 Å². The van der Waals surface area contributed by atoms with E-state index in [-0.39, 0.29) is 5.60 Å². The van der Waals surface area contributed by atoms with Crippen LogP contribution in [0.5, 0.6) is 0 Å². The summed E-state index contributed by atoms with van der Waals surface area (Å²) in [7, 11) is 0. The number of fused-ring (bicyclic) bond motifs is 1. The summed E-state index contributed by atoms with van der Waals surface area (Å²) in [5.74, 6) is 0. The SMILES string of the molecule is CC(C)(C)OC=O.Cc1nn(C2CCNCC2)c(C)c1-c1cnc2cccc(-c3ccc(CN4CCOCC4)cc3)c2n1. The summed E-state index contributed by atoms with van der Waals surface area (Å²) < 4.78 is 12.2. The first-order valence-corrected chi connectivity index (χ1v) is 15.3. The van der Waals surface area contributed by atoms with E-state index in [0.717, 1.165) is 97.9 Å². The van der Waals surface area contributed by atoms with Crippen LogP contribution in [-0.4, -0.2) is 76.1 Å². The number of carbonyl (C=O) groups is 1. The number of benzene rings is 2. The Kier molecular flexibility index (Phi) is 9.85. The number of rotatable bonds is 6. The molecule has 228 valence electrons. The lowest BCUT2D eigenvalue weighted by atomic mass is 10.0. The van der Waals surface area contributed by atoms with Crippen LogP contribution < -0.4 is 5.32 Å². The van der Waals surface area contributed by atoms with Gasteiger partial charge in [0.15, 0.2) is 0 Å². The lowest BCUT2D eigenvalue weighted by Crippen LogP contribution is -2.35. The number of morpholine rings is 1. The van der Waals surface area contributed by atoms with Gasteiger partial charge in [0.05, 0.1) is 47.9 Å². The fourth-order valence-electron chi connectivity index (χ4n) is 5.78. The molecule has 6 rings (SSSR count). The molecular weight excluding hydrogens is 540 g/mol. The summed E-state index contributed by atoms with van der Waals surface area (Å²) in [6, 6.07) is 15.6. The highest BCUT2D eigenvalue weighted by atomic mass is 16.5. The Morgan fingerprint density at radius 2 is 1.77 bits per heavy atom. The number of nitrogens with one attached hydrogen (secondary N) is 1. The maximum atomic E-state index is 9.60. The highest BCUT2D eigenvalue weighted by molar-refractivity contribution is 5.92. The minimum absolute atomic E-state index is 0.318. The van der Waals surface area contributed by atoms with Crippen LogP contribution >= 0.6 is 0 Å². The van der Waals surface area contributed by atoms with E-state index in [9.17, 15) is 4.79 Å². The molecule has 43 heavy (non-hydrogen) atoms. The van der Waals surface area contributed by atoms with Crippen molar-refractivity contribution in [3.8, 4) is 22.4 Å². The molecule has 2 aromatic carbocycles. The number of para-hydroxylation sites is 1. The van der Waals surface area contributed by atoms with Crippen molar-refractivity contribution >= 4 is 17.5 Å². The van der Waals surface area contributed by atoms with Gasteiger partial charge in [-0.3, -0.25) is 19.4 Å². The molecule has 0 amide bonds. The summed E-state index contributed by atoms with van der Waals surface area (Å²) >= 11 is 0. The number of hydrogen-bond donors (Lipinski definition) is 1. The number of nitrogens with zero attached hydrogens (tertiary/aromatic N) is 5. The molecule has 0 atom stereocenters. The van der Waals surface area contributed by atoms with Gasteiger partial charge in [-0.15, -0.1) is 0 Å². The van der Waals surface area contributed by atoms with Gasteiger partial charge >= 0.3 is 0 Å². The van der Waals surface area contributed by atoms with Gasteiger partial charge in [0, 0.05) is 36.5 Å². The molecule has 9 heteroatoms. The normalized spacial score (nSPS) is 16.5. The highest BCUT2D eigenvalue weighted by Crippen LogP contribution is 2.33. The molecule has 2 aliphatic heterocycles. The van der Waals surface area contributed by atoms with E-state index < -0.39 is 0 Å². The van der Waals surface area contributed by atoms with E-state index in [2.05, 4.69) is 69.9 Å². The average Bonchev–Trinajstić information content (AvgIpc) is 3.31. The van der Waals surface area contributed by atoms with Gasteiger partial charge in [-0.1, -0.05) is 36.4 Å². The molecule has 0 bridgehead atoms. The van der Waals surface area contributed by atoms with Gasteiger partial charge in [-0.25, -0.2) is 4.98 Å². The maximum Gasteiger partial charge on any atom is 0.293 e. The van der Waals surface area contributed by atoms with E-state index in [0.29, 0.717) is 12.5 Å². The second-order valence-electron chi connectivity index (χ2n) is 12.3. The summed E-state index contributed by atoms with van der Waals surface area (Å²) in [5, 5.41) is 8.39. The quantitative estimate of drug-likeness (QED) is 0.297. The predicted molar refractivity (Wildman–Crippen MR) is 170 cm³/mol. The molecule has 2 saturated heterocycles. The average molecular weight is 585 g/mol. The Balaban J connectivity index is 0.000000472. The molecule has 4 heterocycles. The molecule has 0 aliphatic carbocycles. The lowest BCUT2D eigenvalue weighted by molar-refractivity contribution is -0.138. The van der Waals surface area contributed by atoms with Gasteiger partial charge in [0.2, 0.25) is 0 Å². The lowest BCUT2D eigenvalue weighted by Gasteiger charge is -2.26. The second kappa shape index (κ2) is 13.8. The molecule has 4 aromatic rings. The predicted octanol–water partition coefficient (Wildman–Crippen LogP) is 5.49. The first-order valence-electron chi connectivity index (χ1n) is 15.3. The van der Waals surface area contributed by atoms with E-state index >= 15 is 0 Å². The van der Waals surface area contributed by atoms with E-state index in [4.69, 9.17) is 19.8 Å². The van der Waals surface area contributed by atoms with Crippen molar-refractivity contribution in [2.24, 2.45) is 0 Å². The van der Waals surface area contributed by atoms with Crippen molar-refractivity contribution in [3.05, 3.63) is 65.6 Å². The van der Waals surface area contributed by atoms with Crippen molar-refractivity contribution < 1.29 is 14.3 Å². The number of aromatic nitrogens is 4. The smallest absolute Gasteiger partial charge is 0.293 e. The van der Waals surface area contributed by atoms with E-state index in [1.165, 1.54) is 11.3 Å². The molecule has 9 nitrogen and oxygen atoms in total.